The standard InChI is InChI=1S/C18H22N4OS/c1-14-6-8-16(9-7-14)24-13-18(23)19-12-15-4-3-11-22(15)17-5-2-10-20-21-17/h2,5-10,15H,3-4,11-13H2,1H3,(H,19,23)/t15-/m1/s1. The maximum atomic E-state index is 12.1. The van der Waals surface area contributed by atoms with Gasteiger partial charge in [-0.05, 0) is 44.0 Å². The summed E-state index contributed by atoms with van der Waals surface area (Å²) in [6, 6.07) is 12.4. The van der Waals surface area contributed by atoms with Gasteiger partial charge in [0.1, 0.15) is 0 Å². The van der Waals surface area contributed by atoms with Crippen molar-refractivity contribution in [1.82, 2.24) is 15.5 Å². The number of amides is 1. The molecule has 1 N–H and O–H groups in total. The molecule has 3 rings (SSSR count). The highest BCUT2D eigenvalue weighted by atomic mass is 32.2. The lowest BCUT2D eigenvalue weighted by atomic mass is 10.2. The Morgan fingerprint density at radius 2 is 2.17 bits per heavy atom. The summed E-state index contributed by atoms with van der Waals surface area (Å²) >= 11 is 1.57. The summed E-state index contributed by atoms with van der Waals surface area (Å²) in [5.41, 5.74) is 1.23. The van der Waals surface area contributed by atoms with Gasteiger partial charge in [0.05, 0.1) is 5.75 Å². The normalized spacial score (nSPS) is 17.0. The molecule has 0 radical (unpaired) electrons. The molecule has 0 spiro atoms. The van der Waals surface area contributed by atoms with Gasteiger partial charge < -0.3 is 10.2 Å². The van der Waals surface area contributed by atoms with Gasteiger partial charge in [0.2, 0.25) is 5.91 Å². The molecule has 126 valence electrons. The van der Waals surface area contributed by atoms with Crippen LogP contribution < -0.4 is 10.2 Å². The summed E-state index contributed by atoms with van der Waals surface area (Å²) in [5.74, 6) is 1.41. The number of carbonyl (C=O) groups excluding carboxylic acids is 1. The Bertz CT molecular complexity index is 662. The number of carbonyl (C=O) groups is 1. The first-order valence-corrected chi connectivity index (χ1v) is 9.21. The third kappa shape index (κ3) is 4.47. The fraction of sp³-hybridized carbons (Fsp3) is 0.389. The number of benzene rings is 1. The first kappa shape index (κ1) is 16.8. The molecule has 5 nitrogen and oxygen atoms in total. The number of nitrogens with one attached hydrogen (secondary N) is 1. The van der Waals surface area contributed by atoms with Crippen molar-refractivity contribution in [2.75, 3.05) is 23.7 Å². The first-order valence-electron chi connectivity index (χ1n) is 8.23. The zero-order valence-electron chi connectivity index (χ0n) is 13.8. The van der Waals surface area contributed by atoms with Gasteiger partial charge in [0.25, 0.3) is 0 Å². The second-order valence-corrected chi connectivity index (χ2v) is 7.03. The minimum Gasteiger partial charge on any atom is -0.353 e. The van der Waals surface area contributed by atoms with E-state index in [4.69, 9.17) is 0 Å². The van der Waals surface area contributed by atoms with Crippen molar-refractivity contribution in [1.29, 1.82) is 0 Å². The smallest absolute Gasteiger partial charge is 0.230 e. The number of hydrogen-bond donors (Lipinski definition) is 1. The zero-order chi connectivity index (χ0) is 16.8. The van der Waals surface area contributed by atoms with E-state index in [0.717, 1.165) is 30.1 Å². The van der Waals surface area contributed by atoms with E-state index in [2.05, 4.69) is 51.6 Å². The molecular formula is C18H22N4OS. The van der Waals surface area contributed by atoms with Crippen molar-refractivity contribution in [3.63, 3.8) is 0 Å². The first-order chi connectivity index (χ1) is 11.7. The Morgan fingerprint density at radius 1 is 1.33 bits per heavy atom. The molecule has 1 aliphatic heterocycles. The van der Waals surface area contributed by atoms with Crippen molar-refractivity contribution in [3.8, 4) is 0 Å². The summed E-state index contributed by atoms with van der Waals surface area (Å²) in [7, 11) is 0. The van der Waals surface area contributed by atoms with E-state index >= 15 is 0 Å². The predicted molar refractivity (Wildman–Crippen MR) is 97.3 cm³/mol. The molecule has 1 aliphatic rings. The molecule has 6 heteroatoms. The number of thioether (sulfide) groups is 1. The molecule has 1 aromatic carbocycles. The van der Waals surface area contributed by atoms with Crippen LogP contribution in [-0.4, -0.2) is 41.0 Å². The molecule has 1 atom stereocenters. The minimum absolute atomic E-state index is 0.0755. The lowest BCUT2D eigenvalue weighted by Crippen LogP contribution is -2.41. The van der Waals surface area contributed by atoms with E-state index < -0.39 is 0 Å². The summed E-state index contributed by atoms with van der Waals surface area (Å²) in [5, 5.41) is 11.2. The number of aryl methyl sites for hydroxylation is 1. The SMILES string of the molecule is Cc1ccc(SCC(=O)NC[C@H]2CCCN2c2cccnn2)cc1. The van der Waals surface area contributed by atoms with Crippen LogP contribution in [0.5, 0.6) is 0 Å². The molecule has 2 aromatic rings. The second kappa shape index (κ2) is 8.15. The fourth-order valence-electron chi connectivity index (χ4n) is 2.86. The molecule has 0 unspecified atom stereocenters. The van der Waals surface area contributed by atoms with Gasteiger partial charge in [0.15, 0.2) is 5.82 Å². The zero-order valence-corrected chi connectivity index (χ0v) is 14.6. The molecule has 0 bridgehead atoms. The second-order valence-electron chi connectivity index (χ2n) is 5.98. The topological polar surface area (TPSA) is 58.1 Å². The lowest BCUT2D eigenvalue weighted by molar-refractivity contribution is -0.118. The summed E-state index contributed by atoms with van der Waals surface area (Å²) in [6.45, 7) is 3.69. The van der Waals surface area contributed by atoms with E-state index in [-0.39, 0.29) is 5.91 Å². The van der Waals surface area contributed by atoms with Crippen molar-refractivity contribution >= 4 is 23.5 Å². The minimum atomic E-state index is 0.0755. The van der Waals surface area contributed by atoms with Crippen LogP contribution in [0.4, 0.5) is 5.82 Å². The number of hydrogen-bond acceptors (Lipinski definition) is 5. The van der Waals surface area contributed by atoms with E-state index in [9.17, 15) is 4.79 Å². The van der Waals surface area contributed by atoms with Crippen molar-refractivity contribution < 1.29 is 4.79 Å². The van der Waals surface area contributed by atoms with Gasteiger partial charge in [-0.2, -0.15) is 5.10 Å². The Labute approximate surface area is 146 Å². The van der Waals surface area contributed by atoms with Crippen LogP contribution >= 0.6 is 11.8 Å². The van der Waals surface area contributed by atoms with Gasteiger partial charge in [-0.1, -0.05) is 17.7 Å². The number of nitrogens with zero attached hydrogens (tertiary/aromatic N) is 3. The molecule has 1 saturated heterocycles. The van der Waals surface area contributed by atoms with Gasteiger partial charge in [-0.25, -0.2) is 0 Å². The van der Waals surface area contributed by atoms with Gasteiger partial charge >= 0.3 is 0 Å². The van der Waals surface area contributed by atoms with E-state index in [0.29, 0.717) is 18.3 Å². The lowest BCUT2D eigenvalue weighted by Gasteiger charge is -2.25. The third-order valence-electron chi connectivity index (χ3n) is 4.16. The summed E-state index contributed by atoms with van der Waals surface area (Å²) in [6.07, 6.45) is 3.87. The molecule has 1 amide bonds. The average molecular weight is 342 g/mol. The number of aromatic nitrogens is 2. The molecular weight excluding hydrogens is 320 g/mol. The molecule has 1 fully saturated rings. The molecule has 2 heterocycles. The maximum Gasteiger partial charge on any atom is 0.230 e. The van der Waals surface area contributed by atoms with Crippen molar-refractivity contribution in [2.45, 2.75) is 30.7 Å². The molecule has 1 aromatic heterocycles. The summed E-state index contributed by atoms with van der Waals surface area (Å²) < 4.78 is 0. The Morgan fingerprint density at radius 3 is 2.92 bits per heavy atom. The van der Waals surface area contributed by atoms with Crippen LogP contribution in [0.15, 0.2) is 47.5 Å². The molecule has 0 saturated carbocycles. The highest BCUT2D eigenvalue weighted by Gasteiger charge is 2.26. The van der Waals surface area contributed by atoms with Crippen LogP contribution in [-0.2, 0) is 4.79 Å². The van der Waals surface area contributed by atoms with Gasteiger partial charge in [-0.15, -0.1) is 16.9 Å². The average Bonchev–Trinajstić information content (AvgIpc) is 3.09. The van der Waals surface area contributed by atoms with Gasteiger partial charge in [0, 0.05) is 30.2 Å². The largest absolute Gasteiger partial charge is 0.353 e. The predicted octanol–water partition coefficient (Wildman–Crippen LogP) is 2.66. The quantitative estimate of drug-likeness (QED) is 0.818. The highest BCUT2D eigenvalue weighted by Crippen LogP contribution is 2.22. The number of anilines is 1. The monoisotopic (exact) mass is 342 g/mol. The Kier molecular flexibility index (Phi) is 5.69. The summed E-state index contributed by atoms with van der Waals surface area (Å²) in [4.78, 5) is 15.5. The highest BCUT2D eigenvalue weighted by molar-refractivity contribution is 8.00. The van der Waals surface area contributed by atoms with Crippen LogP contribution in [0.1, 0.15) is 18.4 Å². The van der Waals surface area contributed by atoms with Gasteiger partial charge in [-0.3, -0.25) is 4.79 Å². The maximum absolute atomic E-state index is 12.1. The van der Waals surface area contributed by atoms with Crippen LogP contribution in [0.25, 0.3) is 0 Å². The molecule has 24 heavy (non-hydrogen) atoms. The molecule has 0 aliphatic carbocycles. The van der Waals surface area contributed by atoms with Crippen molar-refractivity contribution in [2.24, 2.45) is 0 Å². The van der Waals surface area contributed by atoms with Crippen LogP contribution in [0.2, 0.25) is 0 Å². The van der Waals surface area contributed by atoms with Crippen LogP contribution in [0.3, 0.4) is 0 Å². The van der Waals surface area contributed by atoms with Crippen molar-refractivity contribution in [3.05, 3.63) is 48.2 Å². The number of rotatable bonds is 6. The van der Waals surface area contributed by atoms with E-state index in [1.54, 1.807) is 18.0 Å². The van der Waals surface area contributed by atoms with E-state index in [1.807, 2.05) is 12.1 Å². The van der Waals surface area contributed by atoms with E-state index in [1.165, 1.54) is 5.56 Å². The Balaban J connectivity index is 1.46. The Hall–Kier alpha value is -2.08. The fourth-order valence-corrected chi connectivity index (χ4v) is 3.59. The third-order valence-corrected chi connectivity index (χ3v) is 5.17. The van der Waals surface area contributed by atoms with Crippen LogP contribution in [0, 0.1) is 6.92 Å².